The molecule has 0 N–H and O–H groups in total. The number of amides is 1. The summed E-state index contributed by atoms with van der Waals surface area (Å²) in [6, 6.07) is 0. The minimum Gasteiger partial charge on any atom is -0.373 e. The van der Waals surface area contributed by atoms with Crippen LogP contribution in [0.4, 0.5) is 26.3 Å². The summed E-state index contributed by atoms with van der Waals surface area (Å²) in [5, 5.41) is 0. The van der Waals surface area contributed by atoms with Crippen molar-refractivity contribution in [1.29, 1.82) is 0 Å². The molecule has 1 fully saturated rings. The van der Waals surface area contributed by atoms with Gasteiger partial charge in [-0.15, -0.1) is 11.6 Å². The molecule has 3 nitrogen and oxygen atoms in total. The van der Waals surface area contributed by atoms with Crippen LogP contribution in [0.1, 0.15) is 0 Å². The van der Waals surface area contributed by atoms with Crippen LogP contribution in [0.5, 0.6) is 0 Å². The Labute approximate surface area is 109 Å². The van der Waals surface area contributed by atoms with Crippen LogP contribution < -0.4 is 0 Å². The van der Waals surface area contributed by atoms with Crippen LogP contribution in [0.2, 0.25) is 0 Å². The fourth-order valence-corrected chi connectivity index (χ4v) is 1.85. The van der Waals surface area contributed by atoms with E-state index in [0.717, 1.165) is 0 Å². The smallest absolute Gasteiger partial charge is 0.373 e. The van der Waals surface area contributed by atoms with Crippen LogP contribution in [-0.2, 0) is 9.53 Å². The van der Waals surface area contributed by atoms with Gasteiger partial charge in [0.2, 0.25) is 11.8 Å². The summed E-state index contributed by atoms with van der Waals surface area (Å²) < 4.78 is 79.2. The molecule has 0 radical (unpaired) electrons. The second kappa shape index (κ2) is 5.74. The van der Waals surface area contributed by atoms with E-state index in [2.05, 4.69) is 0 Å². The van der Waals surface area contributed by atoms with Gasteiger partial charge in [-0.05, 0) is 0 Å². The molecule has 10 heteroatoms. The van der Waals surface area contributed by atoms with E-state index in [1.54, 1.807) is 0 Å². The largest absolute Gasteiger partial charge is 0.409 e. The number of halogens is 7. The number of morpholine rings is 1. The van der Waals surface area contributed by atoms with Gasteiger partial charge in [-0.25, -0.2) is 0 Å². The Bertz CT molecular complexity index is 318. The van der Waals surface area contributed by atoms with Crippen LogP contribution in [0.15, 0.2) is 0 Å². The topological polar surface area (TPSA) is 29.5 Å². The van der Waals surface area contributed by atoms with Crippen molar-refractivity contribution in [2.24, 2.45) is 5.92 Å². The first kappa shape index (κ1) is 16.4. The van der Waals surface area contributed by atoms with Gasteiger partial charge in [0.1, 0.15) is 0 Å². The van der Waals surface area contributed by atoms with E-state index >= 15 is 0 Å². The van der Waals surface area contributed by atoms with E-state index < -0.39 is 30.3 Å². The quantitative estimate of drug-likeness (QED) is 0.578. The van der Waals surface area contributed by atoms with Gasteiger partial charge in [0.05, 0.1) is 18.6 Å². The summed E-state index contributed by atoms with van der Waals surface area (Å²) in [5.41, 5.74) is 0. The van der Waals surface area contributed by atoms with Gasteiger partial charge < -0.3 is 9.64 Å². The molecule has 112 valence electrons. The number of nitrogens with zero attached hydrogens (tertiary/aromatic N) is 1. The molecule has 19 heavy (non-hydrogen) atoms. The summed E-state index contributed by atoms with van der Waals surface area (Å²) in [7, 11) is 0. The normalized spacial score (nSPS) is 21.9. The number of hydrogen-bond acceptors (Lipinski definition) is 2. The number of ether oxygens (including phenoxy) is 1. The van der Waals surface area contributed by atoms with Gasteiger partial charge in [-0.1, -0.05) is 0 Å². The average Bonchev–Trinajstić information content (AvgIpc) is 2.25. The molecule has 0 spiro atoms. The van der Waals surface area contributed by atoms with Gasteiger partial charge in [0, 0.05) is 13.1 Å². The molecule has 0 aromatic heterocycles. The second-order valence-corrected chi connectivity index (χ2v) is 4.26. The third-order valence-electron chi connectivity index (χ3n) is 2.52. The second-order valence-electron chi connectivity index (χ2n) is 3.95. The standard InChI is InChI=1S/C9H10ClF6NO2/c10-3-5-4-17(1-2-19-5)7(18)6(8(11,12)13)9(14,15)16/h5-6H,1-4H2. The third-order valence-corrected chi connectivity index (χ3v) is 2.87. The predicted molar refractivity (Wildman–Crippen MR) is 52.6 cm³/mol. The van der Waals surface area contributed by atoms with Crippen molar-refractivity contribution in [2.45, 2.75) is 18.5 Å². The van der Waals surface area contributed by atoms with Crippen molar-refractivity contribution in [3.8, 4) is 0 Å². The van der Waals surface area contributed by atoms with Crippen LogP contribution in [0, 0.1) is 5.92 Å². The number of hydrogen-bond donors (Lipinski definition) is 0. The Balaban J connectivity index is 2.88. The molecule has 0 saturated carbocycles. The van der Waals surface area contributed by atoms with Crippen LogP contribution in [0.25, 0.3) is 0 Å². The first-order valence-corrected chi connectivity index (χ1v) is 5.70. The zero-order valence-electron chi connectivity index (χ0n) is 9.39. The number of carbonyl (C=O) groups is 1. The summed E-state index contributed by atoms with van der Waals surface area (Å²) in [6.45, 7) is -0.856. The fraction of sp³-hybridized carbons (Fsp3) is 0.889. The maximum Gasteiger partial charge on any atom is 0.409 e. The zero-order valence-corrected chi connectivity index (χ0v) is 10.1. The number of alkyl halides is 7. The maximum absolute atomic E-state index is 12.4. The van der Waals surface area contributed by atoms with Crippen molar-refractivity contribution >= 4 is 17.5 Å². The van der Waals surface area contributed by atoms with E-state index in [-0.39, 0.29) is 25.6 Å². The highest BCUT2D eigenvalue weighted by atomic mass is 35.5. The van der Waals surface area contributed by atoms with Crippen molar-refractivity contribution in [1.82, 2.24) is 4.90 Å². The van der Waals surface area contributed by atoms with Crippen molar-refractivity contribution in [3.63, 3.8) is 0 Å². The molecule has 0 aromatic rings. The number of rotatable bonds is 2. The van der Waals surface area contributed by atoms with E-state index in [4.69, 9.17) is 16.3 Å². The first-order valence-electron chi connectivity index (χ1n) is 5.17. The Morgan fingerprint density at radius 3 is 2.21 bits per heavy atom. The van der Waals surface area contributed by atoms with Gasteiger partial charge in [0.25, 0.3) is 0 Å². The lowest BCUT2D eigenvalue weighted by molar-refractivity contribution is -0.278. The highest BCUT2D eigenvalue weighted by Gasteiger charge is 2.62. The molecule has 1 rings (SSSR count). The Kier molecular flexibility index (Phi) is 4.94. The lowest BCUT2D eigenvalue weighted by atomic mass is 10.1. The molecule has 0 aromatic carbocycles. The highest BCUT2D eigenvalue weighted by molar-refractivity contribution is 6.18. The third kappa shape index (κ3) is 4.13. The molecule has 1 atom stereocenters. The molecular weight excluding hydrogens is 304 g/mol. The molecule has 1 saturated heterocycles. The summed E-state index contributed by atoms with van der Waals surface area (Å²) in [5.74, 6) is -6.14. The molecule has 1 aliphatic heterocycles. The first-order chi connectivity index (χ1) is 8.57. The van der Waals surface area contributed by atoms with Gasteiger partial charge >= 0.3 is 12.4 Å². The van der Waals surface area contributed by atoms with Crippen molar-refractivity contribution < 1.29 is 35.9 Å². The van der Waals surface area contributed by atoms with Crippen molar-refractivity contribution in [3.05, 3.63) is 0 Å². The average molecular weight is 314 g/mol. The SMILES string of the molecule is O=C(C(C(F)(F)F)C(F)(F)F)N1CCOC(CCl)C1. The van der Waals surface area contributed by atoms with E-state index in [0.29, 0.717) is 4.90 Å². The van der Waals surface area contributed by atoms with E-state index in [1.807, 2.05) is 0 Å². The summed E-state index contributed by atoms with van der Waals surface area (Å²) >= 11 is 5.40. The molecule has 1 heterocycles. The van der Waals surface area contributed by atoms with Gasteiger partial charge in [-0.2, -0.15) is 26.3 Å². The Morgan fingerprint density at radius 2 is 1.79 bits per heavy atom. The maximum atomic E-state index is 12.4. The molecule has 0 aliphatic carbocycles. The van der Waals surface area contributed by atoms with Gasteiger partial charge in [0.15, 0.2) is 0 Å². The molecule has 1 amide bonds. The minimum atomic E-state index is -5.68. The highest BCUT2D eigenvalue weighted by Crippen LogP contribution is 2.40. The molecule has 0 bridgehead atoms. The summed E-state index contributed by atoms with van der Waals surface area (Å²) in [6.07, 6.45) is -12.1. The Morgan fingerprint density at radius 1 is 1.26 bits per heavy atom. The minimum absolute atomic E-state index is 0.119. The predicted octanol–water partition coefficient (Wildman–Crippen LogP) is 2.19. The lowest BCUT2D eigenvalue weighted by Crippen LogP contribution is -2.54. The van der Waals surface area contributed by atoms with Crippen molar-refractivity contribution in [2.75, 3.05) is 25.6 Å². The monoisotopic (exact) mass is 313 g/mol. The van der Waals surface area contributed by atoms with E-state index in [9.17, 15) is 31.1 Å². The number of carbonyl (C=O) groups excluding carboxylic acids is 1. The van der Waals surface area contributed by atoms with Crippen LogP contribution >= 0.6 is 11.6 Å². The molecule has 1 unspecified atom stereocenters. The Hall–Kier alpha value is -0.700. The van der Waals surface area contributed by atoms with Crippen LogP contribution in [0.3, 0.4) is 0 Å². The fourth-order valence-electron chi connectivity index (χ4n) is 1.66. The lowest BCUT2D eigenvalue weighted by Gasteiger charge is -2.35. The molecular formula is C9H10ClF6NO2. The summed E-state index contributed by atoms with van der Waals surface area (Å²) in [4.78, 5) is 11.9. The van der Waals surface area contributed by atoms with Gasteiger partial charge in [-0.3, -0.25) is 4.79 Å². The van der Waals surface area contributed by atoms with Crippen LogP contribution in [-0.4, -0.2) is 54.8 Å². The van der Waals surface area contributed by atoms with E-state index in [1.165, 1.54) is 0 Å². The molecule has 1 aliphatic rings. The zero-order chi connectivity index (χ0) is 14.8.